The summed E-state index contributed by atoms with van der Waals surface area (Å²) in [6.07, 6.45) is 1.74. The molecule has 39 heavy (non-hydrogen) atoms. The molecule has 0 bridgehead atoms. The molecular formula is C29H34BrN3O5S. The average molecular weight is 617 g/mol. The number of anilines is 1. The molecule has 0 aliphatic heterocycles. The third kappa shape index (κ3) is 8.06. The average Bonchev–Trinajstić information content (AvgIpc) is 2.95. The Labute approximate surface area is 239 Å². The maximum Gasteiger partial charge on any atom is 0.264 e. The van der Waals surface area contributed by atoms with Crippen LogP contribution in [0.2, 0.25) is 0 Å². The van der Waals surface area contributed by atoms with E-state index in [-0.39, 0.29) is 17.3 Å². The summed E-state index contributed by atoms with van der Waals surface area (Å²) in [6.45, 7) is 3.84. The van der Waals surface area contributed by atoms with Crippen molar-refractivity contribution in [3.05, 3.63) is 88.9 Å². The third-order valence-corrected chi connectivity index (χ3v) is 8.55. The standard InChI is InChI=1S/C29H34BrN3O5S/c1-4-5-19-31-29(35)22(2)32(20-23-11-13-24(30)14-12-23)28(34)21-33(25-9-7-6-8-10-25)39(36,37)27-17-15-26(38-3)16-18-27/h6-18,22H,4-5,19-21H2,1-3H3,(H,31,35). The van der Waals surface area contributed by atoms with Crippen molar-refractivity contribution < 1.29 is 22.7 Å². The molecule has 1 N–H and O–H groups in total. The van der Waals surface area contributed by atoms with Crippen LogP contribution in [-0.4, -0.2) is 51.4 Å². The Morgan fingerprint density at radius 3 is 2.21 bits per heavy atom. The number of nitrogens with zero attached hydrogens (tertiary/aromatic N) is 2. The Kier molecular flexibility index (Phi) is 10.9. The Morgan fingerprint density at radius 1 is 0.974 bits per heavy atom. The molecule has 8 nitrogen and oxygen atoms in total. The molecule has 2 amide bonds. The van der Waals surface area contributed by atoms with Crippen LogP contribution < -0.4 is 14.4 Å². The van der Waals surface area contributed by atoms with E-state index in [1.807, 2.05) is 31.2 Å². The van der Waals surface area contributed by atoms with Crippen LogP contribution in [0.15, 0.2) is 88.2 Å². The minimum Gasteiger partial charge on any atom is -0.497 e. The molecule has 0 aromatic heterocycles. The predicted molar refractivity (Wildman–Crippen MR) is 156 cm³/mol. The number of hydrogen-bond acceptors (Lipinski definition) is 5. The lowest BCUT2D eigenvalue weighted by atomic mass is 10.1. The molecule has 0 fully saturated rings. The van der Waals surface area contributed by atoms with Crippen molar-refractivity contribution in [2.24, 2.45) is 0 Å². The van der Waals surface area contributed by atoms with Crippen LogP contribution in [0.3, 0.4) is 0 Å². The van der Waals surface area contributed by atoms with Crippen molar-refractivity contribution in [2.75, 3.05) is 24.5 Å². The number of hydrogen-bond donors (Lipinski definition) is 1. The normalized spacial score (nSPS) is 11.9. The van der Waals surface area contributed by atoms with Crippen LogP contribution >= 0.6 is 15.9 Å². The van der Waals surface area contributed by atoms with Gasteiger partial charge in [0.25, 0.3) is 10.0 Å². The Bertz CT molecular complexity index is 1330. The number of halogens is 1. The van der Waals surface area contributed by atoms with Gasteiger partial charge in [0.2, 0.25) is 11.8 Å². The number of benzene rings is 3. The predicted octanol–water partition coefficient (Wildman–Crippen LogP) is 4.99. The Hall–Kier alpha value is -3.37. The van der Waals surface area contributed by atoms with E-state index in [1.54, 1.807) is 49.4 Å². The number of methoxy groups -OCH3 is 1. The lowest BCUT2D eigenvalue weighted by Gasteiger charge is -2.32. The SMILES string of the molecule is CCCCNC(=O)C(C)N(Cc1ccc(Br)cc1)C(=O)CN(c1ccccc1)S(=O)(=O)c1ccc(OC)cc1. The van der Waals surface area contributed by atoms with Gasteiger partial charge in [-0.3, -0.25) is 13.9 Å². The molecule has 3 aromatic carbocycles. The first-order chi connectivity index (χ1) is 18.7. The highest BCUT2D eigenvalue weighted by molar-refractivity contribution is 9.10. The van der Waals surface area contributed by atoms with Crippen LogP contribution in [-0.2, 0) is 26.2 Å². The second-order valence-electron chi connectivity index (χ2n) is 8.99. The highest BCUT2D eigenvalue weighted by Gasteiger charge is 2.32. The van der Waals surface area contributed by atoms with Gasteiger partial charge < -0.3 is 15.0 Å². The lowest BCUT2D eigenvalue weighted by Crippen LogP contribution is -2.51. The monoisotopic (exact) mass is 615 g/mol. The zero-order chi connectivity index (χ0) is 28.4. The van der Waals surface area contributed by atoms with Gasteiger partial charge >= 0.3 is 0 Å². The van der Waals surface area contributed by atoms with Crippen molar-refractivity contribution in [3.63, 3.8) is 0 Å². The molecule has 1 atom stereocenters. The fourth-order valence-corrected chi connectivity index (χ4v) is 5.58. The smallest absolute Gasteiger partial charge is 0.264 e. The summed E-state index contributed by atoms with van der Waals surface area (Å²) in [5.74, 6) is -0.282. The van der Waals surface area contributed by atoms with Crippen molar-refractivity contribution in [1.29, 1.82) is 0 Å². The van der Waals surface area contributed by atoms with Gasteiger partial charge in [0.15, 0.2) is 0 Å². The van der Waals surface area contributed by atoms with E-state index in [0.717, 1.165) is 27.2 Å². The minimum atomic E-state index is -4.13. The Balaban J connectivity index is 1.96. The maximum absolute atomic E-state index is 13.9. The number of unbranched alkanes of at least 4 members (excludes halogenated alkanes) is 1. The van der Waals surface area contributed by atoms with Crippen LogP contribution in [0.25, 0.3) is 0 Å². The molecule has 0 radical (unpaired) electrons. The number of sulfonamides is 1. The number of carbonyl (C=O) groups excluding carboxylic acids is 2. The molecule has 3 rings (SSSR count). The number of para-hydroxylation sites is 1. The zero-order valence-electron chi connectivity index (χ0n) is 22.3. The first-order valence-corrected chi connectivity index (χ1v) is 14.9. The molecule has 0 saturated carbocycles. The van der Waals surface area contributed by atoms with E-state index in [4.69, 9.17) is 4.74 Å². The van der Waals surface area contributed by atoms with E-state index in [0.29, 0.717) is 18.0 Å². The number of rotatable bonds is 13. The van der Waals surface area contributed by atoms with Crippen LogP contribution in [0, 0.1) is 0 Å². The summed E-state index contributed by atoms with van der Waals surface area (Å²) < 4.78 is 34.7. The van der Waals surface area contributed by atoms with Crippen molar-refractivity contribution in [1.82, 2.24) is 10.2 Å². The summed E-state index contributed by atoms with van der Waals surface area (Å²) in [5, 5.41) is 2.88. The van der Waals surface area contributed by atoms with Gasteiger partial charge in [0.05, 0.1) is 17.7 Å². The fourth-order valence-electron chi connectivity index (χ4n) is 3.90. The van der Waals surface area contributed by atoms with E-state index in [2.05, 4.69) is 21.2 Å². The lowest BCUT2D eigenvalue weighted by molar-refractivity contribution is -0.139. The first kappa shape index (κ1) is 30.2. The summed E-state index contributed by atoms with van der Waals surface area (Å²) >= 11 is 3.41. The summed E-state index contributed by atoms with van der Waals surface area (Å²) in [7, 11) is -2.63. The van der Waals surface area contributed by atoms with Gasteiger partial charge in [-0.05, 0) is 67.4 Å². The van der Waals surface area contributed by atoms with E-state index in [1.165, 1.54) is 24.1 Å². The van der Waals surface area contributed by atoms with Gasteiger partial charge in [-0.2, -0.15) is 0 Å². The van der Waals surface area contributed by atoms with E-state index >= 15 is 0 Å². The number of ether oxygens (including phenoxy) is 1. The van der Waals surface area contributed by atoms with Crippen molar-refractivity contribution in [2.45, 2.75) is 44.2 Å². The quantitative estimate of drug-likeness (QED) is 0.273. The maximum atomic E-state index is 13.9. The molecule has 0 heterocycles. The number of amides is 2. The largest absolute Gasteiger partial charge is 0.497 e. The molecule has 0 aliphatic rings. The van der Waals surface area contributed by atoms with Crippen molar-refractivity contribution in [3.8, 4) is 5.75 Å². The summed E-state index contributed by atoms with van der Waals surface area (Å²) in [4.78, 5) is 28.3. The first-order valence-electron chi connectivity index (χ1n) is 12.7. The van der Waals surface area contributed by atoms with Crippen LogP contribution in [0.5, 0.6) is 5.75 Å². The molecule has 0 aliphatic carbocycles. The van der Waals surface area contributed by atoms with Crippen molar-refractivity contribution >= 4 is 43.5 Å². The summed E-state index contributed by atoms with van der Waals surface area (Å²) in [6, 6.07) is 21.1. The molecule has 3 aromatic rings. The van der Waals surface area contributed by atoms with Gasteiger partial charge in [0, 0.05) is 17.6 Å². The molecule has 0 spiro atoms. The topological polar surface area (TPSA) is 96.0 Å². The molecular weight excluding hydrogens is 582 g/mol. The third-order valence-electron chi connectivity index (χ3n) is 6.23. The minimum absolute atomic E-state index is 0.0183. The molecule has 0 saturated heterocycles. The molecule has 1 unspecified atom stereocenters. The van der Waals surface area contributed by atoms with Crippen LogP contribution in [0.4, 0.5) is 5.69 Å². The molecule has 208 valence electrons. The fraction of sp³-hybridized carbons (Fsp3) is 0.310. The number of carbonyl (C=O) groups is 2. The summed E-state index contributed by atoms with van der Waals surface area (Å²) in [5.41, 5.74) is 1.15. The van der Waals surface area contributed by atoms with Gasteiger partial charge in [-0.25, -0.2) is 8.42 Å². The highest BCUT2D eigenvalue weighted by atomic mass is 79.9. The molecule has 10 heteroatoms. The zero-order valence-corrected chi connectivity index (χ0v) is 24.7. The van der Waals surface area contributed by atoms with Crippen LogP contribution in [0.1, 0.15) is 32.3 Å². The van der Waals surface area contributed by atoms with E-state index < -0.39 is 28.5 Å². The van der Waals surface area contributed by atoms with Gasteiger partial charge in [-0.1, -0.05) is 59.6 Å². The van der Waals surface area contributed by atoms with Gasteiger partial charge in [-0.15, -0.1) is 0 Å². The van der Waals surface area contributed by atoms with Gasteiger partial charge in [0.1, 0.15) is 18.3 Å². The Morgan fingerprint density at radius 2 is 1.62 bits per heavy atom. The number of nitrogens with one attached hydrogen (secondary N) is 1. The van der Waals surface area contributed by atoms with E-state index in [9.17, 15) is 18.0 Å². The highest BCUT2D eigenvalue weighted by Crippen LogP contribution is 2.26. The second-order valence-corrected chi connectivity index (χ2v) is 11.8. The second kappa shape index (κ2) is 14.1.